The van der Waals surface area contributed by atoms with Gasteiger partial charge in [0.05, 0.1) is 12.7 Å². The van der Waals surface area contributed by atoms with Gasteiger partial charge in [-0.2, -0.15) is 0 Å². The third-order valence-corrected chi connectivity index (χ3v) is 3.35. The summed E-state index contributed by atoms with van der Waals surface area (Å²) < 4.78 is 4.56. The summed E-state index contributed by atoms with van der Waals surface area (Å²) >= 11 is 0. The van der Waals surface area contributed by atoms with Crippen LogP contribution in [-0.4, -0.2) is 30.5 Å². The summed E-state index contributed by atoms with van der Waals surface area (Å²) in [6.07, 6.45) is 8.93. The second-order valence-electron chi connectivity index (χ2n) is 4.78. The zero-order valence-electron chi connectivity index (χ0n) is 11.5. The number of hydrogen-bond donors (Lipinski definition) is 1. The van der Waals surface area contributed by atoms with Crippen molar-refractivity contribution in [3.8, 4) is 0 Å². The average molecular weight is 274 g/mol. The maximum absolute atomic E-state index is 12.0. The number of rotatable bonds is 4. The van der Waals surface area contributed by atoms with E-state index in [1.807, 2.05) is 0 Å². The number of nitrogens with zero attached hydrogens (tertiary/aromatic N) is 1. The number of methoxy groups -OCH3 is 1. The van der Waals surface area contributed by atoms with Crippen LogP contribution in [0.2, 0.25) is 0 Å². The fraction of sp³-hybridized carbons (Fsp3) is 0.400. The molecule has 1 aliphatic rings. The molecule has 0 unspecified atom stereocenters. The van der Waals surface area contributed by atoms with Crippen molar-refractivity contribution in [2.75, 3.05) is 13.7 Å². The van der Waals surface area contributed by atoms with Crippen LogP contribution in [0.1, 0.15) is 40.1 Å². The summed E-state index contributed by atoms with van der Waals surface area (Å²) in [6.45, 7) is 0.669. The van der Waals surface area contributed by atoms with Crippen molar-refractivity contribution in [2.45, 2.75) is 19.3 Å². The molecule has 1 aromatic heterocycles. The van der Waals surface area contributed by atoms with Gasteiger partial charge < -0.3 is 10.1 Å². The number of nitrogens with one attached hydrogen (secondary N) is 1. The predicted octanol–water partition coefficient (Wildman–Crippen LogP) is 1.95. The van der Waals surface area contributed by atoms with E-state index < -0.39 is 5.97 Å². The van der Waals surface area contributed by atoms with Gasteiger partial charge in [-0.3, -0.25) is 4.79 Å². The zero-order chi connectivity index (χ0) is 14.4. The predicted molar refractivity (Wildman–Crippen MR) is 74.4 cm³/mol. The van der Waals surface area contributed by atoms with Crippen LogP contribution < -0.4 is 5.32 Å². The minimum atomic E-state index is -0.508. The Hall–Kier alpha value is -2.17. The Labute approximate surface area is 118 Å². The Morgan fingerprint density at radius 1 is 1.40 bits per heavy atom. The van der Waals surface area contributed by atoms with Gasteiger partial charge in [0.25, 0.3) is 5.91 Å². The molecule has 0 aliphatic heterocycles. The average Bonchev–Trinajstić information content (AvgIpc) is 2.53. The molecule has 1 atom stereocenters. The highest BCUT2D eigenvalue weighted by molar-refractivity contribution is 5.95. The Kier molecular flexibility index (Phi) is 4.87. The quantitative estimate of drug-likeness (QED) is 0.673. The molecule has 1 amide bonds. The molecule has 0 aromatic carbocycles. The van der Waals surface area contributed by atoms with Gasteiger partial charge in [-0.25, -0.2) is 9.78 Å². The van der Waals surface area contributed by atoms with Crippen LogP contribution in [0.4, 0.5) is 0 Å². The fourth-order valence-electron chi connectivity index (χ4n) is 2.13. The van der Waals surface area contributed by atoms with E-state index in [0.29, 0.717) is 18.0 Å². The number of pyridine rings is 1. The molecule has 1 aromatic rings. The van der Waals surface area contributed by atoms with Crippen LogP contribution in [0.15, 0.2) is 30.5 Å². The second-order valence-corrected chi connectivity index (χ2v) is 4.78. The van der Waals surface area contributed by atoms with Crippen molar-refractivity contribution < 1.29 is 14.3 Å². The van der Waals surface area contributed by atoms with Gasteiger partial charge in [-0.15, -0.1) is 0 Å². The monoisotopic (exact) mass is 274 g/mol. The molecule has 5 heteroatoms. The molecule has 5 nitrogen and oxygen atoms in total. The molecule has 2 rings (SSSR count). The van der Waals surface area contributed by atoms with E-state index in [4.69, 9.17) is 0 Å². The first-order valence-electron chi connectivity index (χ1n) is 6.68. The third kappa shape index (κ3) is 3.66. The third-order valence-electron chi connectivity index (χ3n) is 3.35. The largest absolute Gasteiger partial charge is 0.464 e. The van der Waals surface area contributed by atoms with Gasteiger partial charge in [0.1, 0.15) is 5.69 Å². The number of esters is 1. The minimum Gasteiger partial charge on any atom is -0.464 e. The van der Waals surface area contributed by atoms with Crippen LogP contribution in [0.25, 0.3) is 0 Å². The van der Waals surface area contributed by atoms with Gasteiger partial charge >= 0.3 is 5.97 Å². The van der Waals surface area contributed by atoms with E-state index in [0.717, 1.165) is 19.3 Å². The van der Waals surface area contributed by atoms with E-state index >= 15 is 0 Å². The Bertz CT molecular complexity index is 508. The van der Waals surface area contributed by atoms with E-state index in [9.17, 15) is 9.59 Å². The Morgan fingerprint density at radius 3 is 2.85 bits per heavy atom. The van der Waals surface area contributed by atoms with E-state index in [1.165, 1.54) is 19.4 Å². The summed E-state index contributed by atoms with van der Waals surface area (Å²) in [5.41, 5.74) is 0.644. The number of aromatic nitrogens is 1. The highest BCUT2D eigenvalue weighted by Crippen LogP contribution is 2.17. The maximum Gasteiger partial charge on any atom is 0.356 e. The first kappa shape index (κ1) is 14.2. The lowest BCUT2D eigenvalue weighted by Gasteiger charge is -2.18. The standard InChI is InChI=1S/C15H18N2O3/c1-20-15(19)13-8-7-12(10-16-13)14(18)17-9-11-5-3-2-4-6-11/h2-3,7-8,10-11H,4-6,9H2,1H3,(H,17,18)/t11-/m0/s1. The molecular formula is C15H18N2O3. The fourth-order valence-corrected chi connectivity index (χ4v) is 2.13. The SMILES string of the molecule is COC(=O)c1ccc(C(=O)NC[C@H]2CC=CCC2)cn1. The van der Waals surface area contributed by atoms with Crippen LogP contribution in [0.3, 0.4) is 0 Å². The maximum atomic E-state index is 12.0. The highest BCUT2D eigenvalue weighted by Gasteiger charge is 2.13. The number of allylic oxidation sites excluding steroid dienone is 2. The van der Waals surface area contributed by atoms with Crippen LogP contribution in [-0.2, 0) is 4.74 Å². The van der Waals surface area contributed by atoms with Crippen LogP contribution >= 0.6 is 0 Å². The molecule has 0 spiro atoms. The molecule has 0 fully saturated rings. The normalized spacial score (nSPS) is 17.6. The molecule has 0 saturated heterocycles. The summed E-state index contributed by atoms with van der Waals surface area (Å²) in [6, 6.07) is 3.07. The van der Waals surface area contributed by atoms with Crippen LogP contribution in [0.5, 0.6) is 0 Å². The molecule has 0 bridgehead atoms. The topological polar surface area (TPSA) is 68.3 Å². The number of carbonyl (C=O) groups is 2. The summed E-state index contributed by atoms with van der Waals surface area (Å²) in [5.74, 6) is -0.166. The molecule has 106 valence electrons. The molecule has 0 radical (unpaired) electrons. The van der Waals surface area contributed by atoms with Gasteiger partial charge in [-0.1, -0.05) is 12.2 Å². The number of carbonyl (C=O) groups excluding carboxylic acids is 2. The molecule has 0 saturated carbocycles. The molecule has 1 N–H and O–H groups in total. The molecule has 1 heterocycles. The summed E-state index contributed by atoms with van der Waals surface area (Å²) in [7, 11) is 1.29. The summed E-state index contributed by atoms with van der Waals surface area (Å²) in [4.78, 5) is 27.1. The van der Waals surface area contributed by atoms with Gasteiger partial charge in [0.2, 0.25) is 0 Å². The minimum absolute atomic E-state index is 0.163. The highest BCUT2D eigenvalue weighted by atomic mass is 16.5. The van der Waals surface area contributed by atoms with Gasteiger partial charge in [0.15, 0.2) is 0 Å². The molecular weight excluding hydrogens is 256 g/mol. The lowest BCUT2D eigenvalue weighted by Crippen LogP contribution is -2.29. The van der Waals surface area contributed by atoms with E-state index in [-0.39, 0.29) is 11.6 Å². The summed E-state index contributed by atoms with van der Waals surface area (Å²) in [5, 5.41) is 2.90. The van der Waals surface area contributed by atoms with Gasteiger partial charge in [-0.05, 0) is 37.3 Å². The van der Waals surface area contributed by atoms with Crippen molar-refractivity contribution in [1.29, 1.82) is 0 Å². The number of amides is 1. The lowest BCUT2D eigenvalue weighted by molar-refractivity contribution is 0.0593. The van der Waals surface area contributed by atoms with E-state index in [2.05, 4.69) is 27.2 Å². The Morgan fingerprint density at radius 2 is 2.25 bits per heavy atom. The second kappa shape index (κ2) is 6.84. The smallest absolute Gasteiger partial charge is 0.356 e. The van der Waals surface area contributed by atoms with Crippen molar-refractivity contribution in [1.82, 2.24) is 10.3 Å². The lowest BCUT2D eigenvalue weighted by atomic mass is 9.94. The van der Waals surface area contributed by atoms with Crippen molar-refractivity contribution >= 4 is 11.9 Å². The molecule has 20 heavy (non-hydrogen) atoms. The number of ether oxygens (including phenoxy) is 1. The first-order chi connectivity index (χ1) is 9.70. The van der Waals surface area contributed by atoms with Crippen molar-refractivity contribution in [2.24, 2.45) is 5.92 Å². The van der Waals surface area contributed by atoms with Crippen molar-refractivity contribution in [3.63, 3.8) is 0 Å². The first-order valence-corrected chi connectivity index (χ1v) is 6.68. The van der Waals surface area contributed by atoms with E-state index in [1.54, 1.807) is 6.07 Å². The molecule has 1 aliphatic carbocycles. The van der Waals surface area contributed by atoms with Gasteiger partial charge in [0, 0.05) is 12.7 Å². The number of hydrogen-bond acceptors (Lipinski definition) is 4. The Balaban J connectivity index is 1.88. The zero-order valence-corrected chi connectivity index (χ0v) is 11.5. The van der Waals surface area contributed by atoms with Crippen LogP contribution in [0, 0.1) is 5.92 Å². The van der Waals surface area contributed by atoms with Crippen molar-refractivity contribution in [3.05, 3.63) is 41.7 Å².